The number of benzene rings is 2. The van der Waals surface area contributed by atoms with Gasteiger partial charge in [0.2, 0.25) is 0 Å². The lowest BCUT2D eigenvalue weighted by Gasteiger charge is -2.29. The predicted molar refractivity (Wildman–Crippen MR) is 99.3 cm³/mol. The Labute approximate surface area is 161 Å². The Kier molecular flexibility index (Phi) is 5.38. The fourth-order valence-corrected chi connectivity index (χ4v) is 3.61. The van der Waals surface area contributed by atoms with Crippen LogP contribution in [-0.2, 0) is 29.4 Å². The molecule has 5 nitrogen and oxygen atoms in total. The molecule has 2 aromatic rings. The van der Waals surface area contributed by atoms with Gasteiger partial charge in [0.1, 0.15) is 0 Å². The number of amides is 1. The van der Waals surface area contributed by atoms with Crippen molar-refractivity contribution in [2.24, 2.45) is 0 Å². The Hall–Kier alpha value is -2.55. The highest BCUT2D eigenvalue weighted by atomic mass is 32.2. The molecule has 1 aliphatic heterocycles. The number of rotatable bonds is 5. The summed E-state index contributed by atoms with van der Waals surface area (Å²) >= 11 is 0. The maximum absolute atomic E-state index is 12.8. The summed E-state index contributed by atoms with van der Waals surface area (Å²) in [5.74, 6) is -0.0848. The normalized spacial score (nSPS) is 14.7. The first-order chi connectivity index (χ1) is 13.1. The number of hydrogen-bond acceptors (Lipinski definition) is 3. The number of nitrogens with zero attached hydrogens (tertiary/aromatic N) is 1. The number of anilines is 1. The van der Waals surface area contributed by atoms with Crippen molar-refractivity contribution in [2.75, 3.05) is 11.3 Å². The highest BCUT2D eigenvalue weighted by molar-refractivity contribution is 7.93. The van der Waals surface area contributed by atoms with Crippen LogP contribution in [0.4, 0.5) is 18.9 Å². The van der Waals surface area contributed by atoms with Gasteiger partial charge in [-0.15, -0.1) is 0 Å². The van der Waals surface area contributed by atoms with Crippen LogP contribution in [0.2, 0.25) is 0 Å². The first-order valence-electron chi connectivity index (χ1n) is 8.70. The van der Waals surface area contributed by atoms with E-state index >= 15 is 0 Å². The minimum absolute atomic E-state index is 0.0848. The van der Waals surface area contributed by atoms with E-state index in [0.717, 1.165) is 24.0 Å². The van der Waals surface area contributed by atoms with Crippen LogP contribution in [0.5, 0.6) is 0 Å². The second-order valence-corrected chi connectivity index (χ2v) is 8.24. The third-order valence-corrected chi connectivity index (χ3v) is 5.75. The molecule has 1 heterocycles. The summed E-state index contributed by atoms with van der Waals surface area (Å²) in [6.45, 7) is 2.85. The molecule has 1 N–H and O–H groups in total. The number of carbonyl (C=O) groups excluding carboxylic acids is 1. The summed E-state index contributed by atoms with van der Waals surface area (Å²) in [6, 6.07) is 11.4. The average molecular weight is 412 g/mol. The van der Waals surface area contributed by atoms with Gasteiger partial charge in [0.05, 0.1) is 0 Å². The number of sulfonamides is 1. The minimum atomic E-state index is -5.45. The molecule has 1 aliphatic rings. The van der Waals surface area contributed by atoms with Crippen LogP contribution >= 0.6 is 0 Å². The number of carbonyl (C=O) groups is 1. The summed E-state index contributed by atoms with van der Waals surface area (Å²) in [5.41, 5.74) is -2.11. The highest BCUT2D eigenvalue weighted by Gasteiger charge is 2.46. The third kappa shape index (κ3) is 4.14. The Morgan fingerprint density at radius 1 is 1.07 bits per heavy atom. The van der Waals surface area contributed by atoms with Gasteiger partial charge in [-0.3, -0.25) is 9.52 Å². The van der Waals surface area contributed by atoms with E-state index in [1.165, 1.54) is 29.0 Å². The Bertz CT molecular complexity index is 986. The summed E-state index contributed by atoms with van der Waals surface area (Å²) in [7, 11) is -5.45. The zero-order chi connectivity index (χ0) is 20.5. The zero-order valence-corrected chi connectivity index (χ0v) is 15.9. The first-order valence-corrected chi connectivity index (χ1v) is 10.2. The summed E-state index contributed by atoms with van der Waals surface area (Å²) < 4.78 is 61.1. The molecule has 1 amide bonds. The molecule has 150 valence electrons. The van der Waals surface area contributed by atoms with Gasteiger partial charge in [-0.25, -0.2) is 0 Å². The van der Waals surface area contributed by atoms with Crippen LogP contribution in [0.3, 0.4) is 0 Å². The molecule has 0 saturated heterocycles. The van der Waals surface area contributed by atoms with Gasteiger partial charge in [-0.05, 0) is 47.7 Å². The van der Waals surface area contributed by atoms with Crippen LogP contribution < -0.4 is 4.72 Å². The van der Waals surface area contributed by atoms with E-state index in [0.29, 0.717) is 24.2 Å². The quantitative estimate of drug-likeness (QED) is 0.814. The van der Waals surface area contributed by atoms with Crippen LogP contribution in [0.15, 0.2) is 42.5 Å². The Morgan fingerprint density at radius 2 is 1.71 bits per heavy atom. The lowest BCUT2D eigenvalue weighted by Crippen LogP contribution is -2.37. The molecule has 0 unspecified atom stereocenters. The molecule has 0 bridgehead atoms. The van der Waals surface area contributed by atoms with Crippen LogP contribution in [0.25, 0.3) is 0 Å². The molecule has 9 heteroatoms. The molecule has 28 heavy (non-hydrogen) atoms. The maximum atomic E-state index is 12.8. The van der Waals surface area contributed by atoms with Gasteiger partial charge >= 0.3 is 15.5 Å². The number of aryl methyl sites for hydroxylation is 1. The first kappa shape index (κ1) is 20.2. The minimum Gasteiger partial charge on any atom is -0.334 e. The van der Waals surface area contributed by atoms with Crippen molar-refractivity contribution in [1.82, 2.24) is 4.90 Å². The molecule has 0 saturated carbocycles. The molecule has 0 aromatic heterocycles. The van der Waals surface area contributed by atoms with Crippen molar-refractivity contribution >= 4 is 21.6 Å². The van der Waals surface area contributed by atoms with Gasteiger partial charge in [-0.2, -0.15) is 21.6 Å². The molecule has 0 radical (unpaired) electrons. The summed E-state index contributed by atoms with van der Waals surface area (Å²) in [5, 5.41) is 0. The molecule has 0 aliphatic carbocycles. The lowest BCUT2D eigenvalue weighted by atomic mass is 9.95. The van der Waals surface area contributed by atoms with Gasteiger partial charge in [0, 0.05) is 24.3 Å². The molecule has 0 atom stereocenters. The maximum Gasteiger partial charge on any atom is 0.516 e. The predicted octanol–water partition coefficient (Wildman–Crippen LogP) is 3.71. The van der Waals surface area contributed by atoms with Crippen LogP contribution in [0.1, 0.15) is 34.0 Å². The average Bonchev–Trinajstić information content (AvgIpc) is 2.64. The fourth-order valence-electron chi connectivity index (χ4n) is 3.05. The van der Waals surface area contributed by atoms with Crippen molar-refractivity contribution in [3.8, 4) is 0 Å². The third-order valence-electron chi connectivity index (χ3n) is 4.64. The number of nitrogens with one attached hydrogen (secondary N) is 1. The second-order valence-electron chi connectivity index (χ2n) is 6.57. The lowest BCUT2D eigenvalue weighted by molar-refractivity contribution is -0.0429. The van der Waals surface area contributed by atoms with Gasteiger partial charge < -0.3 is 4.90 Å². The summed E-state index contributed by atoms with van der Waals surface area (Å²) in [6.07, 6.45) is 1.56. The van der Waals surface area contributed by atoms with E-state index in [9.17, 15) is 26.4 Å². The van der Waals surface area contributed by atoms with Crippen molar-refractivity contribution < 1.29 is 26.4 Å². The van der Waals surface area contributed by atoms with Crippen molar-refractivity contribution in [1.29, 1.82) is 0 Å². The van der Waals surface area contributed by atoms with Gasteiger partial charge in [0.25, 0.3) is 5.91 Å². The topological polar surface area (TPSA) is 66.5 Å². The van der Waals surface area contributed by atoms with Crippen molar-refractivity contribution in [3.63, 3.8) is 0 Å². The Morgan fingerprint density at radius 3 is 2.32 bits per heavy atom. The van der Waals surface area contributed by atoms with E-state index in [1.807, 2.05) is 25.1 Å². The summed E-state index contributed by atoms with van der Waals surface area (Å²) in [4.78, 5) is 14.4. The molecule has 2 aromatic carbocycles. The standard InChI is InChI=1S/C19H19F3N2O3S/c1-2-13-3-6-15-9-10-24(18(25)17(15)11-13)12-14-4-7-16(8-5-14)23-28(26,27)19(20,21)22/h3-8,11,23H,2,9-10,12H2,1H3. The monoisotopic (exact) mass is 412 g/mol. The molecule has 0 fully saturated rings. The molecular formula is C19H19F3N2O3S. The second kappa shape index (κ2) is 7.46. The van der Waals surface area contributed by atoms with Crippen LogP contribution in [0, 0.1) is 0 Å². The number of hydrogen-bond donors (Lipinski definition) is 1. The number of halogens is 3. The van der Waals surface area contributed by atoms with E-state index in [1.54, 1.807) is 4.90 Å². The molecular weight excluding hydrogens is 393 g/mol. The van der Waals surface area contributed by atoms with E-state index in [-0.39, 0.29) is 11.6 Å². The molecule has 3 rings (SSSR count). The zero-order valence-electron chi connectivity index (χ0n) is 15.1. The Balaban J connectivity index is 1.72. The van der Waals surface area contributed by atoms with Gasteiger partial charge in [0.15, 0.2) is 0 Å². The SMILES string of the molecule is CCc1ccc2c(c1)C(=O)N(Cc1ccc(NS(=O)(=O)C(F)(F)F)cc1)CC2. The van der Waals surface area contributed by atoms with Crippen molar-refractivity contribution in [3.05, 3.63) is 64.7 Å². The van der Waals surface area contributed by atoms with Crippen LogP contribution in [-0.4, -0.2) is 31.3 Å². The molecule has 0 spiro atoms. The number of alkyl halides is 3. The van der Waals surface area contributed by atoms with E-state index in [4.69, 9.17) is 0 Å². The van der Waals surface area contributed by atoms with Gasteiger partial charge in [-0.1, -0.05) is 31.2 Å². The fraction of sp³-hybridized carbons (Fsp3) is 0.316. The highest BCUT2D eigenvalue weighted by Crippen LogP contribution is 2.26. The van der Waals surface area contributed by atoms with Crippen molar-refractivity contribution in [2.45, 2.75) is 31.8 Å². The largest absolute Gasteiger partial charge is 0.516 e. The smallest absolute Gasteiger partial charge is 0.334 e. The number of fused-ring (bicyclic) bond motifs is 1. The van der Waals surface area contributed by atoms with E-state index in [2.05, 4.69) is 0 Å². The van der Waals surface area contributed by atoms with E-state index < -0.39 is 15.5 Å².